The third-order valence-corrected chi connectivity index (χ3v) is 5.78. The number of aromatic nitrogens is 1. The van der Waals surface area contributed by atoms with Crippen molar-refractivity contribution in [1.29, 1.82) is 0 Å². The minimum atomic E-state index is 0. The summed E-state index contributed by atoms with van der Waals surface area (Å²) in [6, 6.07) is 22.3. The third kappa shape index (κ3) is 3.09. The molecule has 1 amide bonds. The lowest BCUT2D eigenvalue weighted by Gasteiger charge is -2.28. The maximum Gasteiger partial charge on any atom is 0.273 e. The van der Waals surface area contributed by atoms with Crippen molar-refractivity contribution in [2.75, 3.05) is 19.6 Å². The predicted octanol–water partition coefficient (Wildman–Crippen LogP) is 3.69. The molecule has 0 bridgehead atoms. The summed E-state index contributed by atoms with van der Waals surface area (Å²) in [5.41, 5.74) is 2.63. The maximum absolute atomic E-state index is 13.3. The molecule has 5 heteroatoms. The molecule has 2 aliphatic rings. The van der Waals surface area contributed by atoms with Crippen LogP contribution in [-0.4, -0.2) is 35.4 Å². The number of rotatable bonds is 2. The van der Waals surface area contributed by atoms with E-state index in [0.29, 0.717) is 17.5 Å². The molecule has 27 heavy (non-hydrogen) atoms. The van der Waals surface area contributed by atoms with Crippen molar-refractivity contribution in [2.24, 2.45) is 11.8 Å². The molecule has 0 saturated carbocycles. The molecule has 3 heterocycles. The zero-order valence-electron chi connectivity index (χ0n) is 14.9. The van der Waals surface area contributed by atoms with E-state index < -0.39 is 0 Å². The molecular formula is C22H22ClN3O. The number of nitrogens with one attached hydrogen (secondary N) is 1. The Morgan fingerprint density at radius 1 is 0.963 bits per heavy atom. The van der Waals surface area contributed by atoms with Gasteiger partial charge in [-0.25, -0.2) is 4.98 Å². The lowest BCUT2D eigenvalue weighted by atomic mass is 9.89. The molecule has 0 spiro atoms. The van der Waals surface area contributed by atoms with Crippen LogP contribution in [0.5, 0.6) is 0 Å². The molecule has 1 aromatic heterocycles. The van der Waals surface area contributed by atoms with Gasteiger partial charge in [-0.05, 0) is 23.6 Å². The smallest absolute Gasteiger partial charge is 0.273 e. The van der Waals surface area contributed by atoms with Crippen LogP contribution in [0.3, 0.4) is 0 Å². The fourth-order valence-corrected chi connectivity index (χ4v) is 4.54. The SMILES string of the molecule is Cl.O=C(c1ccc2ccccc2n1)N1C[C@@H]2CNC[C@@H]2[C@H]1c1ccccc1. The van der Waals surface area contributed by atoms with Crippen LogP contribution >= 0.6 is 12.4 Å². The standard InChI is InChI=1S/C22H21N3O.ClH/c26-22(20-11-10-15-6-4-5-9-19(15)24-20)25-14-17-12-23-13-18(17)21(25)16-7-2-1-3-8-16;/h1-11,17-18,21,23H,12-14H2;1H/t17-,18-,21+;/m0./s1. The molecule has 2 fully saturated rings. The van der Waals surface area contributed by atoms with Gasteiger partial charge in [0.2, 0.25) is 0 Å². The summed E-state index contributed by atoms with van der Waals surface area (Å²) in [6.45, 7) is 2.76. The molecule has 2 aromatic carbocycles. The van der Waals surface area contributed by atoms with Crippen LogP contribution in [0.4, 0.5) is 0 Å². The summed E-state index contributed by atoms with van der Waals surface area (Å²) in [5, 5.41) is 4.56. The summed E-state index contributed by atoms with van der Waals surface area (Å²) in [6.07, 6.45) is 0. The van der Waals surface area contributed by atoms with Gasteiger partial charge in [-0.15, -0.1) is 12.4 Å². The van der Waals surface area contributed by atoms with E-state index in [1.165, 1.54) is 5.56 Å². The van der Waals surface area contributed by atoms with Crippen molar-refractivity contribution >= 4 is 29.2 Å². The second-order valence-corrected chi connectivity index (χ2v) is 7.28. The Kier molecular flexibility index (Phi) is 4.85. The third-order valence-electron chi connectivity index (χ3n) is 5.78. The fraction of sp³-hybridized carbons (Fsp3) is 0.273. The van der Waals surface area contributed by atoms with E-state index in [2.05, 4.69) is 34.6 Å². The molecule has 2 saturated heterocycles. The number of amides is 1. The minimum Gasteiger partial charge on any atom is -0.330 e. The molecule has 3 atom stereocenters. The molecule has 2 aliphatic heterocycles. The van der Waals surface area contributed by atoms with E-state index in [1.807, 2.05) is 47.4 Å². The molecule has 1 N–H and O–H groups in total. The van der Waals surface area contributed by atoms with Gasteiger partial charge in [0.25, 0.3) is 5.91 Å². The largest absolute Gasteiger partial charge is 0.330 e. The average Bonchev–Trinajstić information content (AvgIpc) is 3.29. The Hall–Kier alpha value is -2.43. The normalized spacial score (nSPS) is 23.9. The highest BCUT2D eigenvalue weighted by atomic mass is 35.5. The van der Waals surface area contributed by atoms with Gasteiger partial charge in [0.05, 0.1) is 11.6 Å². The van der Waals surface area contributed by atoms with Crippen LogP contribution in [0.25, 0.3) is 10.9 Å². The summed E-state index contributed by atoms with van der Waals surface area (Å²) >= 11 is 0. The zero-order chi connectivity index (χ0) is 17.5. The number of likely N-dealkylation sites (tertiary alicyclic amines) is 1. The zero-order valence-corrected chi connectivity index (χ0v) is 15.7. The van der Waals surface area contributed by atoms with E-state index in [-0.39, 0.29) is 24.4 Å². The Morgan fingerprint density at radius 3 is 2.59 bits per heavy atom. The van der Waals surface area contributed by atoms with Gasteiger partial charge in [0, 0.05) is 30.9 Å². The Balaban J connectivity index is 0.00000180. The van der Waals surface area contributed by atoms with Crippen LogP contribution in [0.15, 0.2) is 66.7 Å². The number of para-hydroxylation sites is 1. The molecule has 0 unspecified atom stereocenters. The summed E-state index contributed by atoms with van der Waals surface area (Å²) in [5.74, 6) is 1.03. The highest BCUT2D eigenvalue weighted by molar-refractivity contribution is 5.95. The number of halogens is 1. The molecule has 0 aliphatic carbocycles. The van der Waals surface area contributed by atoms with Crippen LogP contribution in [0.1, 0.15) is 22.1 Å². The highest BCUT2D eigenvalue weighted by Crippen LogP contribution is 2.43. The van der Waals surface area contributed by atoms with Gasteiger partial charge in [-0.2, -0.15) is 0 Å². The molecule has 3 aromatic rings. The number of nitrogens with zero attached hydrogens (tertiary/aromatic N) is 2. The summed E-state index contributed by atoms with van der Waals surface area (Å²) in [7, 11) is 0. The monoisotopic (exact) mass is 379 g/mol. The maximum atomic E-state index is 13.3. The number of fused-ring (bicyclic) bond motifs is 2. The Bertz CT molecular complexity index is 962. The second kappa shape index (κ2) is 7.29. The highest BCUT2D eigenvalue weighted by Gasteiger charge is 2.47. The first-order valence-corrected chi connectivity index (χ1v) is 9.24. The van der Waals surface area contributed by atoms with Crippen molar-refractivity contribution in [3.05, 3.63) is 78.0 Å². The number of hydrogen-bond donors (Lipinski definition) is 1. The summed E-state index contributed by atoms with van der Waals surface area (Å²) < 4.78 is 0. The van der Waals surface area contributed by atoms with Crippen molar-refractivity contribution < 1.29 is 4.79 Å². The first kappa shape index (κ1) is 18.0. The predicted molar refractivity (Wildman–Crippen MR) is 109 cm³/mol. The average molecular weight is 380 g/mol. The van der Waals surface area contributed by atoms with Crippen LogP contribution in [-0.2, 0) is 0 Å². The minimum absolute atomic E-state index is 0. The Labute approximate surface area is 165 Å². The molecule has 4 nitrogen and oxygen atoms in total. The van der Waals surface area contributed by atoms with Crippen molar-refractivity contribution in [2.45, 2.75) is 6.04 Å². The Morgan fingerprint density at radius 2 is 1.74 bits per heavy atom. The van der Waals surface area contributed by atoms with Crippen LogP contribution in [0, 0.1) is 11.8 Å². The van der Waals surface area contributed by atoms with Crippen LogP contribution < -0.4 is 5.32 Å². The lowest BCUT2D eigenvalue weighted by Crippen LogP contribution is -2.35. The quantitative estimate of drug-likeness (QED) is 0.738. The van der Waals surface area contributed by atoms with E-state index >= 15 is 0 Å². The number of benzene rings is 2. The molecular weight excluding hydrogens is 358 g/mol. The van der Waals surface area contributed by atoms with E-state index in [4.69, 9.17) is 0 Å². The van der Waals surface area contributed by atoms with Crippen molar-refractivity contribution in [1.82, 2.24) is 15.2 Å². The fourth-order valence-electron chi connectivity index (χ4n) is 4.54. The lowest BCUT2D eigenvalue weighted by molar-refractivity contribution is 0.0708. The second-order valence-electron chi connectivity index (χ2n) is 7.28. The van der Waals surface area contributed by atoms with Crippen molar-refractivity contribution in [3.63, 3.8) is 0 Å². The van der Waals surface area contributed by atoms with Gasteiger partial charge in [0.1, 0.15) is 5.69 Å². The van der Waals surface area contributed by atoms with Gasteiger partial charge in [-0.1, -0.05) is 54.6 Å². The topological polar surface area (TPSA) is 45.2 Å². The van der Waals surface area contributed by atoms with Gasteiger partial charge in [0.15, 0.2) is 0 Å². The number of pyridine rings is 1. The van der Waals surface area contributed by atoms with Gasteiger partial charge >= 0.3 is 0 Å². The first-order chi connectivity index (χ1) is 12.8. The number of carbonyl (C=O) groups is 1. The van der Waals surface area contributed by atoms with E-state index in [9.17, 15) is 4.79 Å². The van der Waals surface area contributed by atoms with Crippen molar-refractivity contribution in [3.8, 4) is 0 Å². The van der Waals surface area contributed by atoms with E-state index in [1.54, 1.807) is 0 Å². The van der Waals surface area contributed by atoms with Crippen LogP contribution in [0.2, 0.25) is 0 Å². The molecule has 5 rings (SSSR count). The number of hydrogen-bond acceptors (Lipinski definition) is 3. The number of carbonyl (C=O) groups excluding carboxylic acids is 1. The molecule has 0 radical (unpaired) electrons. The summed E-state index contributed by atoms with van der Waals surface area (Å²) in [4.78, 5) is 20.0. The van der Waals surface area contributed by atoms with E-state index in [0.717, 1.165) is 30.5 Å². The first-order valence-electron chi connectivity index (χ1n) is 9.24. The molecule has 138 valence electrons. The van der Waals surface area contributed by atoms with Gasteiger partial charge < -0.3 is 10.2 Å². The van der Waals surface area contributed by atoms with Gasteiger partial charge in [-0.3, -0.25) is 4.79 Å².